The molecule has 2 aromatic carbocycles. The number of hydrogen-bond acceptors (Lipinski definition) is 3. The van der Waals surface area contributed by atoms with Gasteiger partial charge in [0.25, 0.3) is 0 Å². The van der Waals surface area contributed by atoms with Crippen molar-refractivity contribution < 1.29 is 14.3 Å². The maximum absolute atomic E-state index is 11.6. The van der Waals surface area contributed by atoms with E-state index >= 15 is 0 Å². The lowest BCUT2D eigenvalue weighted by Crippen LogP contribution is -2.15. The molecule has 0 aliphatic heterocycles. The van der Waals surface area contributed by atoms with Crippen molar-refractivity contribution in [1.29, 1.82) is 0 Å². The highest BCUT2D eigenvalue weighted by atomic mass is 16.7. The van der Waals surface area contributed by atoms with Crippen molar-refractivity contribution in [3.63, 3.8) is 0 Å². The molecule has 0 saturated heterocycles. The molecular formula is C22H28O3. The van der Waals surface area contributed by atoms with E-state index in [0.717, 1.165) is 24.8 Å². The molecule has 0 spiro atoms. The highest BCUT2D eigenvalue weighted by molar-refractivity contribution is 5.59. The molecule has 0 aromatic heterocycles. The Balaban J connectivity index is 1.66. The summed E-state index contributed by atoms with van der Waals surface area (Å²) in [6, 6.07) is 18.3. The maximum Gasteiger partial charge on any atom is 0.508 e. The number of rotatable bonds is 8. The van der Waals surface area contributed by atoms with Crippen LogP contribution in [0.5, 0.6) is 0 Å². The zero-order chi connectivity index (χ0) is 18.1. The Bertz CT molecular complexity index is 645. The predicted molar refractivity (Wildman–Crippen MR) is 101 cm³/mol. The molecular weight excluding hydrogens is 312 g/mol. The Morgan fingerprint density at radius 2 is 1.60 bits per heavy atom. The molecule has 0 amide bonds. The fourth-order valence-electron chi connectivity index (χ4n) is 2.52. The van der Waals surface area contributed by atoms with Gasteiger partial charge in [0.05, 0.1) is 6.61 Å². The molecule has 134 valence electrons. The van der Waals surface area contributed by atoms with Crippen molar-refractivity contribution in [2.24, 2.45) is 0 Å². The average molecular weight is 340 g/mol. The summed E-state index contributed by atoms with van der Waals surface area (Å²) in [6.45, 7) is 7.35. The summed E-state index contributed by atoms with van der Waals surface area (Å²) in [5.41, 5.74) is 3.79. The van der Waals surface area contributed by atoms with Crippen LogP contribution in [0.3, 0.4) is 0 Å². The summed E-state index contributed by atoms with van der Waals surface area (Å²) < 4.78 is 10.2. The second-order valence-electron chi connectivity index (χ2n) is 6.91. The summed E-state index contributed by atoms with van der Waals surface area (Å²) in [5.74, 6) is 0. The van der Waals surface area contributed by atoms with Gasteiger partial charge >= 0.3 is 6.16 Å². The summed E-state index contributed by atoms with van der Waals surface area (Å²) >= 11 is 0. The van der Waals surface area contributed by atoms with Crippen LogP contribution in [-0.4, -0.2) is 12.8 Å². The third kappa shape index (κ3) is 6.26. The van der Waals surface area contributed by atoms with Crippen molar-refractivity contribution in [3.8, 4) is 0 Å². The van der Waals surface area contributed by atoms with Gasteiger partial charge in [0.1, 0.15) is 6.61 Å². The van der Waals surface area contributed by atoms with Crippen LogP contribution in [0.1, 0.15) is 50.3 Å². The van der Waals surface area contributed by atoms with Gasteiger partial charge < -0.3 is 9.47 Å². The van der Waals surface area contributed by atoms with E-state index < -0.39 is 6.16 Å². The van der Waals surface area contributed by atoms with Crippen LogP contribution in [-0.2, 0) is 27.9 Å². The van der Waals surface area contributed by atoms with E-state index in [2.05, 4.69) is 45.0 Å². The van der Waals surface area contributed by atoms with E-state index in [1.807, 2.05) is 30.3 Å². The number of carbonyl (C=O) groups excluding carboxylic acids is 1. The minimum absolute atomic E-state index is 0.212. The van der Waals surface area contributed by atoms with Gasteiger partial charge in [0.2, 0.25) is 0 Å². The lowest BCUT2D eigenvalue weighted by Gasteiger charge is -2.23. The quantitative estimate of drug-likeness (QED) is 0.459. The molecule has 0 N–H and O–H groups in total. The first-order valence-electron chi connectivity index (χ1n) is 8.94. The summed E-state index contributed by atoms with van der Waals surface area (Å²) in [5, 5.41) is 0. The van der Waals surface area contributed by atoms with Crippen LogP contribution in [0.15, 0.2) is 54.6 Å². The van der Waals surface area contributed by atoms with E-state index in [4.69, 9.17) is 9.47 Å². The van der Waals surface area contributed by atoms with Crippen molar-refractivity contribution in [3.05, 3.63) is 71.3 Å². The Hall–Kier alpha value is -2.29. The van der Waals surface area contributed by atoms with Crippen molar-refractivity contribution >= 4 is 6.16 Å². The van der Waals surface area contributed by atoms with E-state index in [0.29, 0.717) is 6.61 Å². The molecule has 0 radical (unpaired) electrons. The Labute approximate surface area is 151 Å². The number of carbonyl (C=O) groups is 1. The normalized spacial score (nSPS) is 11.2. The van der Waals surface area contributed by atoms with Crippen LogP contribution < -0.4 is 0 Å². The third-order valence-electron chi connectivity index (χ3n) is 4.65. The first-order chi connectivity index (χ1) is 12.0. The number of hydrogen-bond donors (Lipinski definition) is 0. The Kier molecular flexibility index (Phi) is 7.05. The Morgan fingerprint density at radius 3 is 2.24 bits per heavy atom. The second-order valence-corrected chi connectivity index (χ2v) is 6.91. The van der Waals surface area contributed by atoms with Crippen LogP contribution in [0.25, 0.3) is 0 Å². The lowest BCUT2D eigenvalue weighted by molar-refractivity contribution is 0.0492. The monoisotopic (exact) mass is 340 g/mol. The zero-order valence-corrected chi connectivity index (χ0v) is 15.5. The summed E-state index contributed by atoms with van der Waals surface area (Å²) in [4.78, 5) is 11.6. The number of benzene rings is 2. The highest BCUT2D eigenvalue weighted by Crippen LogP contribution is 2.26. The molecule has 2 rings (SSSR count). The molecule has 3 nitrogen and oxygen atoms in total. The van der Waals surface area contributed by atoms with E-state index in [-0.39, 0.29) is 12.0 Å². The van der Waals surface area contributed by atoms with E-state index in [1.165, 1.54) is 11.1 Å². The van der Waals surface area contributed by atoms with E-state index in [1.54, 1.807) is 0 Å². The zero-order valence-electron chi connectivity index (χ0n) is 15.5. The standard InChI is InChI=1S/C22H28O3/c1-4-22(2,3)20-14-12-18(13-15-20)11-8-16-24-21(23)25-17-19-9-6-5-7-10-19/h5-7,9-10,12-15H,4,8,11,16-17H2,1-3H3. The van der Waals surface area contributed by atoms with Crippen LogP contribution in [0.2, 0.25) is 0 Å². The van der Waals surface area contributed by atoms with E-state index in [9.17, 15) is 4.79 Å². The van der Waals surface area contributed by atoms with Crippen molar-refractivity contribution in [2.75, 3.05) is 6.61 Å². The fourth-order valence-corrected chi connectivity index (χ4v) is 2.52. The molecule has 0 saturated carbocycles. The molecule has 25 heavy (non-hydrogen) atoms. The van der Waals surface area contributed by atoms with Crippen LogP contribution >= 0.6 is 0 Å². The summed E-state index contributed by atoms with van der Waals surface area (Å²) in [6.07, 6.45) is 2.19. The molecule has 0 aliphatic rings. The molecule has 0 unspecified atom stereocenters. The molecule has 0 aliphatic carbocycles. The average Bonchev–Trinajstić information content (AvgIpc) is 2.65. The molecule has 0 atom stereocenters. The lowest BCUT2D eigenvalue weighted by atomic mass is 9.82. The maximum atomic E-state index is 11.6. The van der Waals surface area contributed by atoms with Gasteiger partial charge in [-0.15, -0.1) is 0 Å². The molecule has 2 aromatic rings. The summed E-state index contributed by atoms with van der Waals surface area (Å²) in [7, 11) is 0. The second kappa shape index (κ2) is 9.26. The smallest absolute Gasteiger partial charge is 0.434 e. The van der Waals surface area contributed by atoms with Gasteiger partial charge in [-0.1, -0.05) is 75.4 Å². The third-order valence-corrected chi connectivity index (χ3v) is 4.65. The first kappa shape index (κ1) is 19.0. The molecule has 0 heterocycles. The minimum Gasteiger partial charge on any atom is -0.434 e. The highest BCUT2D eigenvalue weighted by Gasteiger charge is 2.17. The Morgan fingerprint density at radius 1 is 0.920 bits per heavy atom. The van der Waals surface area contributed by atoms with Crippen LogP contribution in [0, 0.1) is 0 Å². The van der Waals surface area contributed by atoms with Gasteiger partial charge in [0, 0.05) is 0 Å². The van der Waals surface area contributed by atoms with Crippen LogP contribution in [0.4, 0.5) is 4.79 Å². The molecule has 0 bridgehead atoms. The predicted octanol–water partition coefficient (Wildman–Crippen LogP) is 5.66. The molecule has 0 fully saturated rings. The topological polar surface area (TPSA) is 35.5 Å². The molecule has 3 heteroatoms. The SMILES string of the molecule is CCC(C)(C)c1ccc(CCCOC(=O)OCc2ccccc2)cc1. The largest absolute Gasteiger partial charge is 0.508 e. The van der Waals surface area contributed by atoms with Gasteiger partial charge in [0.15, 0.2) is 0 Å². The minimum atomic E-state index is -0.608. The van der Waals surface area contributed by atoms with Crippen molar-refractivity contribution in [1.82, 2.24) is 0 Å². The van der Waals surface area contributed by atoms with Gasteiger partial charge in [-0.3, -0.25) is 0 Å². The fraction of sp³-hybridized carbons (Fsp3) is 0.409. The number of aryl methyl sites for hydroxylation is 1. The first-order valence-corrected chi connectivity index (χ1v) is 8.94. The number of ether oxygens (including phenoxy) is 2. The van der Waals surface area contributed by atoms with Gasteiger partial charge in [-0.2, -0.15) is 0 Å². The van der Waals surface area contributed by atoms with Gasteiger partial charge in [-0.05, 0) is 41.4 Å². The van der Waals surface area contributed by atoms with Gasteiger partial charge in [-0.25, -0.2) is 4.79 Å². The van der Waals surface area contributed by atoms with Crippen molar-refractivity contribution in [2.45, 2.75) is 52.1 Å².